The predicted octanol–water partition coefficient (Wildman–Crippen LogP) is 3.42. The summed E-state index contributed by atoms with van der Waals surface area (Å²) in [5.41, 5.74) is 2.09. The number of hydrogen-bond donors (Lipinski definition) is 0. The number of benzene rings is 1. The van der Waals surface area contributed by atoms with Gasteiger partial charge in [0, 0.05) is 25.0 Å². The van der Waals surface area contributed by atoms with E-state index in [0.717, 1.165) is 29.3 Å². The summed E-state index contributed by atoms with van der Waals surface area (Å²) in [7, 11) is 1.66. The fourth-order valence-corrected chi connectivity index (χ4v) is 3.29. The van der Waals surface area contributed by atoms with E-state index < -0.39 is 0 Å². The summed E-state index contributed by atoms with van der Waals surface area (Å²) in [5.74, 6) is 1.28. The lowest BCUT2D eigenvalue weighted by Gasteiger charge is -2.21. The van der Waals surface area contributed by atoms with Crippen molar-refractivity contribution >= 4 is 17.2 Å². The van der Waals surface area contributed by atoms with E-state index in [9.17, 15) is 4.79 Å². The Hall–Kier alpha value is -1.92. The summed E-state index contributed by atoms with van der Waals surface area (Å²) in [6.07, 6.45) is 2.02. The van der Waals surface area contributed by atoms with Gasteiger partial charge in [0.1, 0.15) is 17.4 Å². The van der Waals surface area contributed by atoms with Crippen LogP contribution in [0.25, 0.3) is 0 Å². The SMILES string of the molecule is COCCN(Cc1csc(COc2cccc(C)c2)n1)C(=O)C1CC1. The predicted molar refractivity (Wildman–Crippen MR) is 97.6 cm³/mol. The van der Waals surface area contributed by atoms with Gasteiger partial charge in [-0.1, -0.05) is 12.1 Å². The number of rotatable bonds is 9. The molecule has 1 fully saturated rings. The molecule has 1 saturated carbocycles. The van der Waals surface area contributed by atoms with Gasteiger partial charge in [0.05, 0.1) is 18.8 Å². The molecule has 0 unspecified atom stereocenters. The Balaban J connectivity index is 1.56. The number of methoxy groups -OCH3 is 1. The summed E-state index contributed by atoms with van der Waals surface area (Å²) < 4.78 is 10.9. The van der Waals surface area contributed by atoms with Crippen molar-refractivity contribution in [2.24, 2.45) is 5.92 Å². The highest BCUT2D eigenvalue weighted by atomic mass is 32.1. The van der Waals surface area contributed by atoms with Crippen LogP contribution in [0.4, 0.5) is 0 Å². The molecule has 2 aromatic rings. The first-order valence-corrected chi connectivity index (χ1v) is 9.44. The zero-order chi connectivity index (χ0) is 17.6. The fraction of sp³-hybridized carbons (Fsp3) is 0.474. The number of thiazole rings is 1. The van der Waals surface area contributed by atoms with Crippen LogP contribution in [-0.4, -0.2) is 36.1 Å². The lowest BCUT2D eigenvalue weighted by Crippen LogP contribution is -2.34. The topological polar surface area (TPSA) is 51.7 Å². The van der Waals surface area contributed by atoms with E-state index in [0.29, 0.717) is 26.3 Å². The molecule has 1 heterocycles. The highest BCUT2D eigenvalue weighted by Gasteiger charge is 2.33. The minimum Gasteiger partial charge on any atom is -0.486 e. The number of amides is 1. The van der Waals surface area contributed by atoms with E-state index >= 15 is 0 Å². The van der Waals surface area contributed by atoms with Crippen molar-refractivity contribution in [1.29, 1.82) is 0 Å². The Kier molecular flexibility index (Phi) is 6.04. The van der Waals surface area contributed by atoms with Gasteiger partial charge in [-0.3, -0.25) is 4.79 Å². The number of hydrogen-bond acceptors (Lipinski definition) is 5. The number of nitrogens with zero attached hydrogens (tertiary/aromatic N) is 2. The quantitative estimate of drug-likeness (QED) is 0.688. The molecule has 25 heavy (non-hydrogen) atoms. The van der Waals surface area contributed by atoms with E-state index in [2.05, 4.69) is 4.98 Å². The fourth-order valence-electron chi connectivity index (χ4n) is 2.59. The summed E-state index contributed by atoms with van der Waals surface area (Å²) in [6, 6.07) is 7.98. The molecular formula is C19H24N2O3S. The Bertz CT molecular complexity index is 712. The maximum absolute atomic E-state index is 12.4. The van der Waals surface area contributed by atoms with Gasteiger partial charge in [-0.15, -0.1) is 11.3 Å². The first-order valence-electron chi connectivity index (χ1n) is 8.56. The van der Waals surface area contributed by atoms with Crippen molar-refractivity contribution in [3.05, 3.63) is 45.9 Å². The molecule has 6 heteroatoms. The van der Waals surface area contributed by atoms with Gasteiger partial charge in [0.2, 0.25) is 5.91 Å². The highest BCUT2D eigenvalue weighted by molar-refractivity contribution is 7.09. The molecule has 1 aliphatic rings. The van der Waals surface area contributed by atoms with Crippen molar-refractivity contribution in [1.82, 2.24) is 9.88 Å². The highest BCUT2D eigenvalue weighted by Crippen LogP contribution is 2.31. The molecule has 134 valence electrons. The average molecular weight is 360 g/mol. The molecule has 0 saturated heterocycles. The van der Waals surface area contributed by atoms with Crippen LogP contribution in [-0.2, 0) is 22.7 Å². The molecule has 0 N–H and O–H groups in total. The number of aromatic nitrogens is 1. The maximum atomic E-state index is 12.4. The summed E-state index contributed by atoms with van der Waals surface area (Å²) in [4.78, 5) is 18.9. The molecule has 0 atom stereocenters. The third-order valence-electron chi connectivity index (χ3n) is 4.11. The Morgan fingerprint density at radius 1 is 1.40 bits per heavy atom. The van der Waals surface area contributed by atoms with E-state index in [1.807, 2.05) is 41.5 Å². The van der Waals surface area contributed by atoms with Crippen LogP contribution >= 0.6 is 11.3 Å². The van der Waals surface area contributed by atoms with Gasteiger partial charge < -0.3 is 14.4 Å². The second-order valence-corrected chi connectivity index (χ2v) is 7.31. The standard InChI is InChI=1S/C19H24N2O3S/c1-14-4-3-5-17(10-14)24-12-18-20-16(13-25-18)11-21(8-9-23-2)19(22)15-6-7-15/h3-5,10,13,15H,6-9,11-12H2,1-2H3. The number of aryl methyl sites for hydroxylation is 1. The van der Waals surface area contributed by atoms with Crippen molar-refractivity contribution in [2.75, 3.05) is 20.3 Å². The first kappa shape index (κ1) is 17.9. The van der Waals surface area contributed by atoms with Crippen molar-refractivity contribution in [3.8, 4) is 5.75 Å². The van der Waals surface area contributed by atoms with Gasteiger partial charge in [-0.05, 0) is 37.5 Å². The van der Waals surface area contributed by atoms with Crippen LogP contribution in [0.1, 0.15) is 29.1 Å². The minimum atomic E-state index is 0.208. The van der Waals surface area contributed by atoms with Crippen LogP contribution in [0.3, 0.4) is 0 Å². The second-order valence-electron chi connectivity index (χ2n) is 6.36. The molecule has 1 aromatic carbocycles. The summed E-state index contributed by atoms with van der Waals surface area (Å²) >= 11 is 1.57. The Morgan fingerprint density at radius 3 is 2.96 bits per heavy atom. The monoisotopic (exact) mass is 360 g/mol. The van der Waals surface area contributed by atoms with Crippen LogP contribution < -0.4 is 4.74 Å². The Morgan fingerprint density at radius 2 is 2.24 bits per heavy atom. The smallest absolute Gasteiger partial charge is 0.226 e. The molecular weight excluding hydrogens is 336 g/mol. The average Bonchev–Trinajstić information content (AvgIpc) is 3.36. The molecule has 0 spiro atoms. The third kappa shape index (κ3) is 5.28. The van der Waals surface area contributed by atoms with Crippen LogP contribution in [0, 0.1) is 12.8 Å². The second kappa shape index (κ2) is 8.45. The van der Waals surface area contributed by atoms with E-state index in [1.165, 1.54) is 5.56 Å². The van der Waals surface area contributed by atoms with Gasteiger partial charge in [-0.2, -0.15) is 0 Å². The molecule has 1 amide bonds. The largest absolute Gasteiger partial charge is 0.486 e. The van der Waals surface area contributed by atoms with Crippen molar-refractivity contribution in [3.63, 3.8) is 0 Å². The van der Waals surface area contributed by atoms with Gasteiger partial charge >= 0.3 is 0 Å². The van der Waals surface area contributed by atoms with Gasteiger partial charge in [0.25, 0.3) is 0 Å². The van der Waals surface area contributed by atoms with Crippen molar-refractivity contribution in [2.45, 2.75) is 32.9 Å². The normalized spacial score (nSPS) is 13.7. The summed E-state index contributed by atoms with van der Waals surface area (Å²) in [6.45, 7) is 4.19. The lowest BCUT2D eigenvalue weighted by atomic mass is 10.2. The van der Waals surface area contributed by atoms with Crippen LogP contribution in [0.5, 0.6) is 5.75 Å². The van der Waals surface area contributed by atoms with Gasteiger partial charge in [0.15, 0.2) is 0 Å². The number of ether oxygens (including phenoxy) is 2. The lowest BCUT2D eigenvalue weighted by molar-refractivity contribution is -0.133. The molecule has 0 aliphatic heterocycles. The zero-order valence-corrected chi connectivity index (χ0v) is 15.6. The van der Waals surface area contributed by atoms with Gasteiger partial charge in [-0.25, -0.2) is 4.98 Å². The molecule has 1 aliphatic carbocycles. The van der Waals surface area contributed by atoms with E-state index in [-0.39, 0.29) is 11.8 Å². The molecule has 1 aromatic heterocycles. The van der Waals surface area contributed by atoms with Crippen LogP contribution in [0.15, 0.2) is 29.6 Å². The van der Waals surface area contributed by atoms with Crippen LogP contribution in [0.2, 0.25) is 0 Å². The molecule has 3 rings (SSSR count). The zero-order valence-electron chi connectivity index (χ0n) is 14.7. The molecule has 5 nitrogen and oxygen atoms in total. The van der Waals surface area contributed by atoms with E-state index in [4.69, 9.17) is 9.47 Å². The maximum Gasteiger partial charge on any atom is 0.226 e. The number of carbonyl (C=O) groups is 1. The van der Waals surface area contributed by atoms with Crippen molar-refractivity contribution < 1.29 is 14.3 Å². The minimum absolute atomic E-state index is 0.208. The third-order valence-corrected chi connectivity index (χ3v) is 4.98. The van der Waals surface area contributed by atoms with E-state index in [1.54, 1.807) is 18.4 Å². The molecule has 0 radical (unpaired) electrons. The first-order chi connectivity index (χ1) is 12.2. The Labute approximate surface area is 152 Å². The molecule has 0 bridgehead atoms. The summed E-state index contributed by atoms with van der Waals surface area (Å²) in [5, 5.41) is 2.93. The number of carbonyl (C=O) groups excluding carboxylic acids is 1.